The van der Waals surface area contributed by atoms with Crippen LogP contribution in [0.4, 0.5) is 0 Å². The van der Waals surface area contributed by atoms with E-state index < -0.39 is 0 Å². The first-order valence-electron chi connectivity index (χ1n) is 4.90. The molecule has 0 unspecified atom stereocenters. The van der Waals surface area contributed by atoms with E-state index in [1.807, 2.05) is 45.3 Å². The van der Waals surface area contributed by atoms with E-state index in [0.717, 1.165) is 22.5 Å². The van der Waals surface area contributed by atoms with Crippen molar-refractivity contribution in [1.82, 2.24) is 15.0 Å². The van der Waals surface area contributed by atoms with Gasteiger partial charge in [0.25, 0.3) is 0 Å². The largest absolute Gasteiger partial charge is 0.250 e. The Morgan fingerprint density at radius 3 is 2.27 bits per heavy atom. The topological polar surface area (TPSA) is 38.7 Å². The summed E-state index contributed by atoms with van der Waals surface area (Å²) in [5.74, 6) is 0.696. The summed E-state index contributed by atoms with van der Waals surface area (Å²) < 4.78 is 0. The molecule has 0 aromatic carbocycles. The van der Waals surface area contributed by atoms with Crippen molar-refractivity contribution in [3.8, 4) is 11.5 Å². The molecule has 0 bridgehead atoms. The number of aryl methyl sites for hydroxylation is 3. The zero-order valence-electron chi connectivity index (χ0n) is 9.15. The summed E-state index contributed by atoms with van der Waals surface area (Å²) in [7, 11) is 0. The normalized spacial score (nSPS) is 10.3. The van der Waals surface area contributed by atoms with E-state index in [4.69, 9.17) is 0 Å². The molecule has 0 atom stereocenters. The van der Waals surface area contributed by atoms with Crippen LogP contribution in [0.25, 0.3) is 11.5 Å². The molecule has 0 fully saturated rings. The van der Waals surface area contributed by atoms with Gasteiger partial charge in [-0.15, -0.1) is 0 Å². The Balaban J connectivity index is 2.53. The second kappa shape index (κ2) is 3.77. The van der Waals surface area contributed by atoms with Crippen LogP contribution in [0.5, 0.6) is 0 Å². The van der Waals surface area contributed by atoms with Crippen LogP contribution >= 0.6 is 0 Å². The fourth-order valence-electron chi connectivity index (χ4n) is 1.37. The Bertz CT molecular complexity index is 475. The van der Waals surface area contributed by atoms with Crippen molar-refractivity contribution < 1.29 is 0 Å². The van der Waals surface area contributed by atoms with Gasteiger partial charge in [-0.2, -0.15) is 0 Å². The van der Waals surface area contributed by atoms with Crippen LogP contribution < -0.4 is 0 Å². The van der Waals surface area contributed by atoms with Crippen molar-refractivity contribution in [3.05, 3.63) is 41.3 Å². The van der Waals surface area contributed by atoms with Gasteiger partial charge in [-0.05, 0) is 38.0 Å². The van der Waals surface area contributed by atoms with Crippen molar-refractivity contribution in [3.63, 3.8) is 0 Å². The quantitative estimate of drug-likeness (QED) is 0.708. The van der Waals surface area contributed by atoms with E-state index in [0.29, 0.717) is 5.82 Å². The molecular formula is C12H13N3. The maximum Gasteiger partial charge on any atom is 0.178 e. The first-order chi connectivity index (χ1) is 7.16. The fourth-order valence-corrected chi connectivity index (χ4v) is 1.37. The summed E-state index contributed by atoms with van der Waals surface area (Å²) in [6.07, 6.45) is 3.62. The molecule has 2 heterocycles. The van der Waals surface area contributed by atoms with Crippen LogP contribution in [0, 0.1) is 20.8 Å². The van der Waals surface area contributed by atoms with E-state index in [-0.39, 0.29) is 0 Å². The average Bonchev–Trinajstić information content (AvgIpc) is 2.23. The summed E-state index contributed by atoms with van der Waals surface area (Å²) in [6.45, 7) is 5.96. The minimum Gasteiger partial charge on any atom is -0.250 e. The molecule has 0 aliphatic heterocycles. The highest BCUT2D eigenvalue weighted by atomic mass is 14.9. The maximum absolute atomic E-state index is 4.45. The molecule has 3 heteroatoms. The minimum atomic E-state index is 0.696. The Hall–Kier alpha value is -1.77. The van der Waals surface area contributed by atoms with E-state index in [1.165, 1.54) is 0 Å². The maximum atomic E-state index is 4.45. The predicted octanol–water partition coefficient (Wildman–Crippen LogP) is 2.46. The molecule has 0 aliphatic rings. The number of rotatable bonds is 1. The third-order valence-corrected chi connectivity index (χ3v) is 2.23. The highest BCUT2D eigenvalue weighted by Crippen LogP contribution is 2.16. The molecule has 0 spiro atoms. The SMILES string of the molecule is Cc1cnc(-c2nc(C)ccc2C)nc1. The van der Waals surface area contributed by atoms with Crippen LogP contribution in [0.15, 0.2) is 24.5 Å². The number of aromatic nitrogens is 3. The van der Waals surface area contributed by atoms with E-state index >= 15 is 0 Å². The third-order valence-electron chi connectivity index (χ3n) is 2.23. The lowest BCUT2D eigenvalue weighted by Crippen LogP contribution is -1.96. The van der Waals surface area contributed by atoms with Crippen molar-refractivity contribution in [2.24, 2.45) is 0 Å². The summed E-state index contributed by atoms with van der Waals surface area (Å²) in [5.41, 5.74) is 4.02. The molecule has 3 nitrogen and oxygen atoms in total. The van der Waals surface area contributed by atoms with Gasteiger partial charge in [-0.25, -0.2) is 15.0 Å². The van der Waals surface area contributed by atoms with Gasteiger partial charge in [0.15, 0.2) is 5.82 Å². The number of hydrogen-bond donors (Lipinski definition) is 0. The van der Waals surface area contributed by atoms with Crippen LogP contribution in [-0.2, 0) is 0 Å². The Morgan fingerprint density at radius 1 is 0.933 bits per heavy atom. The fraction of sp³-hybridized carbons (Fsp3) is 0.250. The third kappa shape index (κ3) is 2.01. The molecule has 0 N–H and O–H groups in total. The van der Waals surface area contributed by atoms with Gasteiger partial charge >= 0.3 is 0 Å². The predicted molar refractivity (Wildman–Crippen MR) is 59.5 cm³/mol. The van der Waals surface area contributed by atoms with Gasteiger partial charge in [-0.1, -0.05) is 6.07 Å². The summed E-state index contributed by atoms with van der Waals surface area (Å²) >= 11 is 0. The van der Waals surface area contributed by atoms with Crippen LogP contribution in [0.3, 0.4) is 0 Å². The summed E-state index contributed by atoms with van der Waals surface area (Å²) in [4.78, 5) is 13.0. The van der Waals surface area contributed by atoms with E-state index in [1.54, 1.807) is 0 Å². The molecule has 2 aromatic heterocycles. The summed E-state index contributed by atoms with van der Waals surface area (Å²) in [5, 5.41) is 0. The highest BCUT2D eigenvalue weighted by Gasteiger charge is 2.06. The van der Waals surface area contributed by atoms with Gasteiger partial charge in [0.2, 0.25) is 0 Å². The van der Waals surface area contributed by atoms with E-state index in [9.17, 15) is 0 Å². The zero-order chi connectivity index (χ0) is 10.8. The molecule has 0 amide bonds. The lowest BCUT2D eigenvalue weighted by molar-refractivity contribution is 1.08. The Kier molecular flexibility index (Phi) is 2.46. The van der Waals surface area contributed by atoms with Crippen molar-refractivity contribution in [2.45, 2.75) is 20.8 Å². The van der Waals surface area contributed by atoms with Gasteiger partial charge in [0.05, 0.1) is 0 Å². The van der Waals surface area contributed by atoms with Crippen LogP contribution in [0.2, 0.25) is 0 Å². The number of hydrogen-bond acceptors (Lipinski definition) is 3. The molecule has 0 aliphatic carbocycles. The lowest BCUT2D eigenvalue weighted by atomic mass is 10.2. The second-order valence-electron chi connectivity index (χ2n) is 3.70. The van der Waals surface area contributed by atoms with Gasteiger partial charge in [0, 0.05) is 18.1 Å². The monoisotopic (exact) mass is 199 g/mol. The van der Waals surface area contributed by atoms with Crippen molar-refractivity contribution >= 4 is 0 Å². The molecule has 76 valence electrons. The Labute approximate surface area is 89.2 Å². The van der Waals surface area contributed by atoms with Crippen LogP contribution in [0.1, 0.15) is 16.8 Å². The average molecular weight is 199 g/mol. The van der Waals surface area contributed by atoms with Gasteiger partial charge < -0.3 is 0 Å². The van der Waals surface area contributed by atoms with Crippen molar-refractivity contribution in [2.75, 3.05) is 0 Å². The molecule has 2 rings (SSSR count). The Morgan fingerprint density at radius 2 is 1.60 bits per heavy atom. The summed E-state index contributed by atoms with van der Waals surface area (Å²) in [6, 6.07) is 4.04. The standard InChI is InChI=1S/C12H13N3/c1-8-6-13-12(14-7-8)11-9(2)4-5-10(3)15-11/h4-7H,1-3H3. The first-order valence-corrected chi connectivity index (χ1v) is 4.90. The van der Waals surface area contributed by atoms with Gasteiger partial charge in [-0.3, -0.25) is 0 Å². The number of pyridine rings is 1. The van der Waals surface area contributed by atoms with E-state index in [2.05, 4.69) is 15.0 Å². The van der Waals surface area contributed by atoms with Crippen LogP contribution in [-0.4, -0.2) is 15.0 Å². The minimum absolute atomic E-state index is 0.696. The first kappa shape index (κ1) is 9.77. The molecule has 15 heavy (non-hydrogen) atoms. The molecule has 2 aromatic rings. The molecule has 0 saturated heterocycles. The smallest absolute Gasteiger partial charge is 0.178 e. The molecule has 0 radical (unpaired) electrons. The number of nitrogens with zero attached hydrogens (tertiary/aromatic N) is 3. The lowest BCUT2D eigenvalue weighted by Gasteiger charge is -2.04. The zero-order valence-corrected chi connectivity index (χ0v) is 9.15. The molecular weight excluding hydrogens is 186 g/mol. The molecule has 0 saturated carbocycles. The second-order valence-corrected chi connectivity index (χ2v) is 3.70. The highest BCUT2D eigenvalue weighted by molar-refractivity contribution is 5.54. The van der Waals surface area contributed by atoms with Crippen molar-refractivity contribution in [1.29, 1.82) is 0 Å². The van der Waals surface area contributed by atoms with Gasteiger partial charge in [0.1, 0.15) is 5.69 Å².